The molecule has 0 saturated carbocycles. The van der Waals surface area contributed by atoms with Crippen molar-refractivity contribution in [3.8, 4) is 5.88 Å². The molecule has 1 aromatic heterocycles. The molecule has 0 bridgehead atoms. The van der Waals surface area contributed by atoms with Crippen LogP contribution in [-0.4, -0.2) is 46.6 Å². The van der Waals surface area contributed by atoms with Crippen LogP contribution < -0.4 is 4.74 Å². The minimum atomic E-state index is 0.142. The molecule has 1 N–H and O–H groups in total. The second-order valence-electron chi connectivity index (χ2n) is 6.20. The summed E-state index contributed by atoms with van der Waals surface area (Å²) in [4.78, 5) is 2.46. The molecule has 0 aromatic carbocycles. The van der Waals surface area contributed by atoms with Gasteiger partial charge in [-0.3, -0.25) is 4.90 Å². The zero-order valence-electron chi connectivity index (χ0n) is 13.9. The highest BCUT2D eigenvalue weighted by atomic mass is 16.5. The summed E-state index contributed by atoms with van der Waals surface area (Å²) in [5.41, 5.74) is 2.49. The van der Waals surface area contributed by atoms with Gasteiger partial charge in [0, 0.05) is 20.2 Å². The van der Waals surface area contributed by atoms with E-state index in [0.717, 1.165) is 56.9 Å². The van der Waals surface area contributed by atoms with Gasteiger partial charge in [-0.2, -0.15) is 5.10 Å². The van der Waals surface area contributed by atoms with Crippen LogP contribution in [0.5, 0.6) is 5.88 Å². The number of ether oxygens (including phenoxy) is 1. The minimum Gasteiger partial charge on any atom is -0.481 e. The van der Waals surface area contributed by atoms with Crippen molar-refractivity contribution >= 4 is 0 Å². The van der Waals surface area contributed by atoms with Crippen molar-refractivity contribution in [3.05, 3.63) is 11.3 Å². The lowest BCUT2D eigenvalue weighted by atomic mass is 9.77. The maximum atomic E-state index is 9.63. The third-order valence-corrected chi connectivity index (χ3v) is 5.08. The van der Waals surface area contributed by atoms with E-state index in [1.807, 2.05) is 11.7 Å². The van der Waals surface area contributed by atoms with Gasteiger partial charge in [-0.05, 0) is 44.2 Å². The number of nitrogens with zero attached hydrogens (tertiary/aromatic N) is 3. The molecule has 1 fully saturated rings. The number of aromatic nitrogens is 2. The Morgan fingerprint density at radius 1 is 1.29 bits per heavy atom. The van der Waals surface area contributed by atoms with E-state index in [2.05, 4.69) is 23.8 Å². The fourth-order valence-corrected chi connectivity index (χ4v) is 3.34. The van der Waals surface area contributed by atoms with Crippen LogP contribution in [0.2, 0.25) is 0 Å². The fraction of sp³-hybridized carbons (Fsp3) is 0.812. The number of aliphatic hydroxyl groups excluding tert-OH is 1. The van der Waals surface area contributed by atoms with Crippen LogP contribution in [0.25, 0.3) is 0 Å². The van der Waals surface area contributed by atoms with E-state index in [0.29, 0.717) is 6.61 Å². The molecule has 0 atom stereocenters. The Morgan fingerprint density at radius 2 is 1.95 bits per heavy atom. The van der Waals surface area contributed by atoms with Crippen molar-refractivity contribution < 1.29 is 9.84 Å². The Morgan fingerprint density at radius 3 is 2.43 bits per heavy atom. The van der Waals surface area contributed by atoms with Crippen molar-refractivity contribution in [2.24, 2.45) is 12.5 Å². The highest BCUT2D eigenvalue weighted by Gasteiger charge is 2.33. The van der Waals surface area contributed by atoms with Crippen molar-refractivity contribution in [2.75, 3.05) is 26.8 Å². The largest absolute Gasteiger partial charge is 0.481 e. The number of aryl methyl sites for hydroxylation is 2. The molecule has 1 aromatic rings. The second-order valence-corrected chi connectivity index (χ2v) is 6.20. The van der Waals surface area contributed by atoms with E-state index in [-0.39, 0.29) is 5.41 Å². The van der Waals surface area contributed by atoms with Gasteiger partial charge in [0.1, 0.15) is 0 Å². The lowest BCUT2D eigenvalue weighted by Crippen LogP contribution is -2.41. The average molecular weight is 295 g/mol. The van der Waals surface area contributed by atoms with E-state index in [4.69, 9.17) is 4.74 Å². The number of hydrogen-bond acceptors (Lipinski definition) is 4. The van der Waals surface area contributed by atoms with E-state index in [9.17, 15) is 5.11 Å². The van der Waals surface area contributed by atoms with Gasteiger partial charge in [-0.15, -0.1) is 0 Å². The second kappa shape index (κ2) is 6.79. The number of hydrogen-bond donors (Lipinski definition) is 1. The van der Waals surface area contributed by atoms with Gasteiger partial charge in [0.05, 0.1) is 18.4 Å². The molecule has 0 amide bonds. The van der Waals surface area contributed by atoms with Crippen LogP contribution in [0.15, 0.2) is 0 Å². The van der Waals surface area contributed by atoms with Crippen LogP contribution in [0, 0.1) is 5.41 Å². The van der Waals surface area contributed by atoms with Crippen LogP contribution in [0.3, 0.4) is 0 Å². The SMILES string of the molecule is CCc1nn(C)c(OC)c1CN1CCC(CC)(CO)CC1. The molecule has 0 radical (unpaired) electrons. The minimum absolute atomic E-state index is 0.142. The third kappa shape index (κ3) is 3.24. The molecule has 0 aliphatic carbocycles. The van der Waals surface area contributed by atoms with Crippen molar-refractivity contribution in [1.82, 2.24) is 14.7 Å². The molecular formula is C16H29N3O2. The fourth-order valence-electron chi connectivity index (χ4n) is 3.34. The highest BCUT2D eigenvalue weighted by Crippen LogP contribution is 2.35. The van der Waals surface area contributed by atoms with Gasteiger partial charge in [-0.25, -0.2) is 4.68 Å². The van der Waals surface area contributed by atoms with E-state index in [1.54, 1.807) is 7.11 Å². The number of piperidine rings is 1. The Labute approximate surface area is 127 Å². The lowest BCUT2D eigenvalue weighted by Gasteiger charge is -2.40. The molecule has 21 heavy (non-hydrogen) atoms. The molecular weight excluding hydrogens is 266 g/mol. The molecule has 1 aliphatic heterocycles. The summed E-state index contributed by atoms with van der Waals surface area (Å²) in [6.07, 6.45) is 4.14. The molecule has 1 saturated heterocycles. The Bertz CT molecular complexity index is 456. The molecule has 120 valence electrons. The first-order chi connectivity index (χ1) is 10.1. The van der Waals surface area contributed by atoms with Gasteiger partial charge in [0.2, 0.25) is 5.88 Å². The van der Waals surface area contributed by atoms with Gasteiger partial charge in [0.15, 0.2) is 0 Å². The Hall–Kier alpha value is -1.07. The first-order valence-electron chi connectivity index (χ1n) is 8.01. The van der Waals surface area contributed by atoms with Crippen LogP contribution >= 0.6 is 0 Å². The van der Waals surface area contributed by atoms with E-state index < -0.39 is 0 Å². The van der Waals surface area contributed by atoms with Crippen LogP contribution in [0.1, 0.15) is 44.4 Å². The Balaban J connectivity index is 2.07. The van der Waals surface area contributed by atoms with Gasteiger partial charge in [0.25, 0.3) is 0 Å². The zero-order valence-corrected chi connectivity index (χ0v) is 13.9. The molecule has 1 aliphatic rings. The maximum absolute atomic E-state index is 9.63. The standard InChI is InChI=1S/C16H29N3O2/c1-5-14-13(15(21-4)18(3)17-14)11-19-9-7-16(6-2,12-20)8-10-19/h20H,5-12H2,1-4H3. The highest BCUT2D eigenvalue weighted by molar-refractivity contribution is 5.31. The first-order valence-corrected chi connectivity index (χ1v) is 8.01. The van der Waals surface area contributed by atoms with Crippen molar-refractivity contribution in [1.29, 1.82) is 0 Å². The number of likely N-dealkylation sites (tertiary alicyclic amines) is 1. The monoisotopic (exact) mass is 295 g/mol. The summed E-state index contributed by atoms with van der Waals surface area (Å²) < 4.78 is 7.35. The summed E-state index contributed by atoms with van der Waals surface area (Å²) >= 11 is 0. The van der Waals surface area contributed by atoms with Gasteiger partial charge < -0.3 is 9.84 Å². The van der Waals surface area contributed by atoms with Crippen molar-refractivity contribution in [3.63, 3.8) is 0 Å². The predicted octanol–water partition coefficient (Wildman–Crippen LogP) is 1.98. The van der Waals surface area contributed by atoms with E-state index in [1.165, 1.54) is 5.56 Å². The number of aliphatic hydroxyl groups is 1. The van der Waals surface area contributed by atoms with Crippen LogP contribution in [-0.2, 0) is 20.0 Å². The molecule has 5 heteroatoms. The quantitative estimate of drug-likeness (QED) is 0.872. The first kappa shape index (κ1) is 16.3. The lowest BCUT2D eigenvalue weighted by molar-refractivity contribution is 0.0379. The zero-order chi connectivity index (χ0) is 15.5. The van der Waals surface area contributed by atoms with Crippen LogP contribution in [0.4, 0.5) is 0 Å². The molecule has 0 unspecified atom stereocenters. The maximum Gasteiger partial charge on any atom is 0.216 e. The predicted molar refractivity (Wildman–Crippen MR) is 83.5 cm³/mol. The molecule has 2 heterocycles. The van der Waals surface area contributed by atoms with Gasteiger partial charge in [-0.1, -0.05) is 13.8 Å². The smallest absolute Gasteiger partial charge is 0.216 e. The summed E-state index contributed by atoms with van der Waals surface area (Å²) in [5.74, 6) is 0.876. The Kier molecular flexibility index (Phi) is 5.27. The average Bonchev–Trinajstić information content (AvgIpc) is 2.83. The normalized spacial score (nSPS) is 18.9. The number of methoxy groups -OCH3 is 1. The van der Waals surface area contributed by atoms with Crippen molar-refractivity contribution in [2.45, 2.75) is 46.1 Å². The summed E-state index contributed by atoms with van der Waals surface area (Å²) in [6.45, 7) is 7.60. The molecule has 2 rings (SSSR count). The molecule has 0 spiro atoms. The molecule has 5 nitrogen and oxygen atoms in total. The third-order valence-electron chi connectivity index (χ3n) is 5.08. The van der Waals surface area contributed by atoms with Gasteiger partial charge >= 0.3 is 0 Å². The number of rotatable bonds is 6. The summed E-state index contributed by atoms with van der Waals surface area (Å²) in [5, 5.41) is 14.2. The summed E-state index contributed by atoms with van der Waals surface area (Å²) in [6, 6.07) is 0. The topological polar surface area (TPSA) is 50.5 Å². The van der Waals surface area contributed by atoms with E-state index >= 15 is 0 Å². The summed E-state index contributed by atoms with van der Waals surface area (Å²) in [7, 11) is 3.65.